The zero-order valence-corrected chi connectivity index (χ0v) is 17.9. The third kappa shape index (κ3) is 4.99. The molecule has 9 nitrogen and oxygen atoms in total. The number of hydrogen-bond donors (Lipinski definition) is 1. The van der Waals surface area contributed by atoms with Crippen LogP contribution in [0.3, 0.4) is 0 Å². The van der Waals surface area contributed by atoms with Crippen LogP contribution in [0.25, 0.3) is 0 Å². The fraction of sp³-hybridized carbons (Fsp3) is 0.476. The SMILES string of the molecule is O=C(Cn1c(=O)c(F)cn(C2CCCO2)c1=O)Nc1cc(C(F)(F)F)ccc1N1CCOCC1. The van der Waals surface area contributed by atoms with Crippen molar-refractivity contribution in [3.05, 3.63) is 56.6 Å². The molecule has 1 N–H and O–H groups in total. The molecule has 2 aromatic rings. The Labute approximate surface area is 190 Å². The number of carbonyl (C=O) groups is 1. The molecule has 1 aromatic heterocycles. The number of rotatable bonds is 5. The van der Waals surface area contributed by atoms with Gasteiger partial charge in [-0.1, -0.05) is 0 Å². The number of halogens is 4. The van der Waals surface area contributed by atoms with E-state index >= 15 is 0 Å². The van der Waals surface area contributed by atoms with Gasteiger partial charge in [0.1, 0.15) is 12.8 Å². The second-order valence-corrected chi connectivity index (χ2v) is 7.90. The van der Waals surface area contributed by atoms with E-state index in [1.165, 1.54) is 6.07 Å². The van der Waals surface area contributed by atoms with Crippen molar-refractivity contribution in [2.75, 3.05) is 43.1 Å². The Hall–Kier alpha value is -3.19. The van der Waals surface area contributed by atoms with Crippen LogP contribution >= 0.6 is 0 Å². The Balaban J connectivity index is 1.64. The van der Waals surface area contributed by atoms with Crippen LogP contribution in [0.5, 0.6) is 0 Å². The summed E-state index contributed by atoms with van der Waals surface area (Å²) in [5, 5.41) is 2.35. The summed E-state index contributed by atoms with van der Waals surface area (Å²) >= 11 is 0. The first kappa shape index (κ1) is 24.0. The molecule has 1 atom stereocenters. The lowest BCUT2D eigenvalue weighted by atomic mass is 10.1. The number of carbonyl (C=O) groups excluding carboxylic acids is 1. The van der Waals surface area contributed by atoms with E-state index in [-0.39, 0.29) is 5.69 Å². The summed E-state index contributed by atoms with van der Waals surface area (Å²) in [5.41, 5.74) is -3.07. The Morgan fingerprint density at radius 2 is 1.88 bits per heavy atom. The average molecular weight is 486 g/mol. The van der Waals surface area contributed by atoms with E-state index in [0.717, 1.165) is 22.9 Å². The molecule has 184 valence electrons. The van der Waals surface area contributed by atoms with Crippen molar-refractivity contribution in [2.24, 2.45) is 0 Å². The summed E-state index contributed by atoms with van der Waals surface area (Å²) in [6.07, 6.45) is -3.63. The van der Waals surface area contributed by atoms with E-state index < -0.39 is 47.5 Å². The van der Waals surface area contributed by atoms with E-state index in [1.807, 2.05) is 0 Å². The molecule has 2 aliphatic heterocycles. The van der Waals surface area contributed by atoms with E-state index in [9.17, 15) is 31.9 Å². The summed E-state index contributed by atoms with van der Waals surface area (Å²) in [5.74, 6) is -2.21. The molecule has 1 aromatic carbocycles. The molecule has 2 fully saturated rings. The molecule has 13 heteroatoms. The topological polar surface area (TPSA) is 94.8 Å². The number of anilines is 2. The molecule has 4 rings (SSSR count). The van der Waals surface area contributed by atoms with Crippen LogP contribution in [-0.4, -0.2) is 48.0 Å². The van der Waals surface area contributed by atoms with Gasteiger partial charge in [0.2, 0.25) is 11.7 Å². The van der Waals surface area contributed by atoms with Crippen LogP contribution in [0.4, 0.5) is 28.9 Å². The molecule has 2 aliphatic rings. The molecule has 0 saturated carbocycles. The van der Waals surface area contributed by atoms with Gasteiger partial charge in [-0.3, -0.25) is 14.2 Å². The predicted molar refractivity (Wildman–Crippen MR) is 112 cm³/mol. The van der Waals surface area contributed by atoms with Gasteiger partial charge in [-0.25, -0.2) is 9.36 Å². The maximum absolute atomic E-state index is 14.2. The molecule has 1 unspecified atom stereocenters. The van der Waals surface area contributed by atoms with Gasteiger partial charge in [0, 0.05) is 19.7 Å². The van der Waals surface area contributed by atoms with Crippen LogP contribution in [0, 0.1) is 5.82 Å². The van der Waals surface area contributed by atoms with Gasteiger partial charge in [-0.2, -0.15) is 17.6 Å². The lowest BCUT2D eigenvalue weighted by molar-refractivity contribution is -0.137. The monoisotopic (exact) mass is 486 g/mol. The Morgan fingerprint density at radius 3 is 2.53 bits per heavy atom. The Kier molecular flexibility index (Phi) is 6.75. The molecule has 0 aliphatic carbocycles. The molecule has 0 bridgehead atoms. The van der Waals surface area contributed by atoms with Gasteiger partial charge >= 0.3 is 11.9 Å². The highest BCUT2D eigenvalue weighted by Crippen LogP contribution is 2.35. The standard InChI is InChI=1S/C21H22F4N4O5/c22-14-11-28(18-2-1-7-34-18)20(32)29(19(14)31)12-17(30)26-15-10-13(21(23,24)25)3-4-16(15)27-5-8-33-9-6-27/h3-4,10-11,18H,1-2,5-9,12H2,(H,26,30). The van der Waals surface area contributed by atoms with Crippen LogP contribution in [-0.2, 0) is 27.0 Å². The molecule has 0 spiro atoms. The van der Waals surface area contributed by atoms with Crippen molar-refractivity contribution in [3.63, 3.8) is 0 Å². The maximum atomic E-state index is 14.2. The van der Waals surface area contributed by atoms with Crippen molar-refractivity contribution < 1.29 is 31.8 Å². The third-order valence-corrected chi connectivity index (χ3v) is 5.62. The van der Waals surface area contributed by atoms with Crippen molar-refractivity contribution in [2.45, 2.75) is 31.8 Å². The second kappa shape index (κ2) is 9.58. The molecule has 34 heavy (non-hydrogen) atoms. The van der Waals surface area contributed by atoms with E-state index in [1.54, 1.807) is 4.90 Å². The minimum Gasteiger partial charge on any atom is -0.378 e. The normalized spacial score (nSPS) is 18.8. The van der Waals surface area contributed by atoms with Crippen molar-refractivity contribution in [1.29, 1.82) is 0 Å². The first-order chi connectivity index (χ1) is 16.1. The van der Waals surface area contributed by atoms with Gasteiger partial charge < -0.3 is 19.7 Å². The van der Waals surface area contributed by atoms with Gasteiger partial charge in [0.15, 0.2) is 0 Å². The summed E-state index contributed by atoms with van der Waals surface area (Å²) in [4.78, 5) is 39.4. The number of nitrogens with one attached hydrogen (secondary N) is 1. The maximum Gasteiger partial charge on any atom is 0.416 e. The quantitative estimate of drug-likeness (QED) is 0.650. The second-order valence-electron chi connectivity index (χ2n) is 7.90. The zero-order valence-electron chi connectivity index (χ0n) is 17.9. The number of hydrogen-bond acceptors (Lipinski definition) is 6. The van der Waals surface area contributed by atoms with E-state index in [4.69, 9.17) is 9.47 Å². The van der Waals surface area contributed by atoms with Crippen LogP contribution < -0.4 is 21.5 Å². The highest BCUT2D eigenvalue weighted by molar-refractivity contribution is 5.94. The summed E-state index contributed by atoms with van der Waals surface area (Å²) in [7, 11) is 0. The van der Waals surface area contributed by atoms with Gasteiger partial charge in [-0.15, -0.1) is 0 Å². The highest BCUT2D eigenvalue weighted by Gasteiger charge is 2.32. The van der Waals surface area contributed by atoms with Crippen molar-refractivity contribution in [3.8, 4) is 0 Å². The van der Waals surface area contributed by atoms with Crippen LogP contribution in [0.1, 0.15) is 24.6 Å². The minimum absolute atomic E-state index is 0.148. The number of benzene rings is 1. The molecule has 1 amide bonds. The van der Waals surface area contributed by atoms with Crippen LogP contribution in [0.15, 0.2) is 34.0 Å². The lowest BCUT2D eigenvalue weighted by Crippen LogP contribution is -2.44. The number of nitrogens with zero attached hydrogens (tertiary/aromatic N) is 3. The van der Waals surface area contributed by atoms with Crippen LogP contribution in [0.2, 0.25) is 0 Å². The smallest absolute Gasteiger partial charge is 0.378 e. The Morgan fingerprint density at radius 1 is 1.15 bits per heavy atom. The first-order valence-electron chi connectivity index (χ1n) is 10.6. The van der Waals surface area contributed by atoms with Crippen molar-refractivity contribution >= 4 is 17.3 Å². The fourth-order valence-electron chi connectivity index (χ4n) is 3.94. The van der Waals surface area contributed by atoms with E-state index in [2.05, 4.69) is 5.32 Å². The molecule has 2 saturated heterocycles. The van der Waals surface area contributed by atoms with Crippen molar-refractivity contribution in [1.82, 2.24) is 9.13 Å². The van der Waals surface area contributed by atoms with Gasteiger partial charge in [0.25, 0.3) is 5.56 Å². The Bertz CT molecular complexity index is 1180. The highest BCUT2D eigenvalue weighted by atomic mass is 19.4. The van der Waals surface area contributed by atoms with Gasteiger partial charge in [0.05, 0.1) is 36.3 Å². The number of morpholine rings is 1. The number of alkyl halides is 3. The average Bonchev–Trinajstić information content (AvgIpc) is 3.34. The predicted octanol–water partition coefficient (Wildman–Crippen LogP) is 1.95. The summed E-state index contributed by atoms with van der Waals surface area (Å²) in [6.45, 7) is 0.971. The first-order valence-corrected chi connectivity index (χ1v) is 10.6. The molecule has 0 radical (unpaired) electrons. The van der Waals surface area contributed by atoms with E-state index in [0.29, 0.717) is 56.0 Å². The number of ether oxygens (including phenoxy) is 2. The lowest BCUT2D eigenvalue weighted by Gasteiger charge is -2.31. The largest absolute Gasteiger partial charge is 0.416 e. The summed E-state index contributed by atoms with van der Waals surface area (Å²) < 4.78 is 66.0. The fourth-order valence-corrected chi connectivity index (χ4v) is 3.94. The molecular formula is C21H22F4N4O5. The van der Waals surface area contributed by atoms with Gasteiger partial charge in [-0.05, 0) is 31.0 Å². The molecule has 3 heterocycles. The summed E-state index contributed by atoms with van der Waals surface area (Å²) in [6, 6.07) is 2.92. The number of aromatic nitrogens is 2. The number of amides is 1. The zero-order chi connectivity index (χ0) is 24.5. The molecular weight excluding hydrogens is 464 g/mol. The third-order valence-electron chi connectivity index (χ3n) is 5.62. The minimum atomic E-state index is -4.66.